The minimum atomic E-state index is -0.166. The van der Waals surface area contributed by atoms with Gasteiger partial charge in [-0.05, 0) is 37.1 Å². The maximum Gasteiger partial charge on any atom is 0.368 e. The molecular formula is C14H12Cl2N5+. The Balaban J connectivity index is 2.32. The molecule has 1 aromatic heterocycles. The number of quaternary nitrogens is 1. The van der Waals surface area contributed by atoms with E-state index < -0.39 is 0 Å². The van der Waals surface area contributed by atoms with Gasteiger partial charge in [0.2, 0.25) is 12.0 Å². The Morgan fingerprint density at radius 1 is 1.00 bits per heavy atom. The van der Waals surface area contributed by atoms with Crippen molar-refractivity contribution < 1.29 is 0 Å². The first-order chi connectivity index (χ1) is 10.0. The summed E-state index contributed by atoms with van der Waals surface area (Å²) in [5.41, 5.74) is 2.27. The molecular weight excluding hydrogens is 309 g/mol. The van der Waals surface area contributed by atoms with Gasteiger partial charge >= 0.3 is 5.95 Å². The lowest BCUT2D eigenvalue weighted by Crippen LogP contribution is -2.37. The zero-order valence-electron chi connectivity index (χ0n) is 11.5. The van der Waals surface area contributed by atoms with Crippen molar-refractivity contribution >= 4 is 47.5 Å². The minimum absolute atomic E-state index is 0.166. The Morgan fingerprint density at radius 3 is 2.14 bits per heavy atom. The van der Waals surface area contributed by atoms with Crippen LogP contribution in [0.3, 0.4) is 0 Å². The van der Waals surface area contributed by atoms with Crippen molar-refractivity contribution in [3.05, 3.63) is 45.7 Å². The molecule has 1 aromatic carbocycles. The largest absolute Gasteiger partial charge is 0.368 e. The zero-order chi connectivity index (χ0) is 15.0. The fraction of sp³-hybridized carbons (Fsp3) is 0.143. The highest BCUT2D eigenvalue weighted by atomic mass is 35.5. The van der Waals surface area contributed by atoms with E-state index in [-0.39, 0.29) is 4.59 Å². The number of hydrogen-bond donors (Lipinski definition) is 0. The standard InChI is InChI=1S/C14H12Cl2N5/c1-9-6-10(2)20-14(19-9)21(8-17-7-18-21)13-11(15)4-3-5-12(13)16/h3-8H,1-2H3/q+1. The molecule has 0 bridgehead atoms. The van der Waals surface area contributed by atoms with E-state index in [1.807, 2.05) is 19.9 Å². The van der Waals surface area contributed by atoms with Gasteiger partial charge in [0.1, 0.15) is 10.0 Å². The summed E-state index contributed by atoms with van der Waals surface area (Å²) >= 11 is 12.7. The third-order valence-electron chi connectivity index (χ3n) is 3.09. The molecule has 5 nitrogen and oxygen atoms in total. The van der Waals surface area contributed by atoms with Crippen LogP contribution in [0, 0.1) is 13.8 Å². The van der Waals surface area contributed by atoms with Crippen molar-refractivity contribution in [3.63, 3.8) is 0 Å². The molecule has 0 N–H and O–H groups in total. The summed E-state index contributed by atoms with van der Waals surface area (Å²) in [6, 6.07) is 7.19. The number of nitrogens with zero attached hydrogens (tertiary/aromatic N) is 5. The van der Waals surface area contributed by atoms with Crippen molar-refractivity contribution in [1.82, 2.24) is 14.6 Å². The Morgan fingerprint density at radius 2 is 1.62 bits per heavy atom. The van der Waals surface area contributed by atoms with Crippen molar-refractivity contribution in [2.75, 3.05) is 0 Å². The van der Waals surface area contributed by atoms with Crippen molar-refractivity contribution in [1.29, 1.82) is 0 Å². The van der Waals surface area contributed by atoms with Crippen molar-refractivity contribution in [3.8, 4) is 0 Å². The smallest absolute Gasteiger partial charge is 0.183 e. The second kappa shape index (κ2) is 5.18. The van der Waals surface area contributed by atoms with E-state index in [4.69, 9.17) is 23.2 Å². The highest BCUT2D eigenvalue weighted by Gasteiger charge is 2.42. The van der Waals surface area contributed by atoms with Gasteiger partial charge < -0.3 is 0 Å². The molecule has 1 aliphatic rings. The first kappa shape index (κ1) is 14.1. The van der Waals surface area contributed by atoms with E-state index in [0.717, 1.165) is 11.4 Å². The Bertz CT molecular complexity index is 717. The summed E-state index contributed by atoms with van der Waals surface area (Å²) in [5.74, 6) is 0.458. The van der Waals surface area contributed by atoms with E-state index in [1.54, 1.807) is 24.5 Å². The zero-order valence-corrected chi connectivity index (χ0v) is 13.0. The van der Waals surface area contributed by atoms with E-state index in [0.29, 0.717) is 21.7 Å². The first-order valence-electron chi connectivity index (χ1n) is 6.27. The van der Waals surface area contributed by atoms with Crippen LogP contribution in [0.5, 0.6) is 0 Å². The minimum Gasteiger partial charge on any atom is -0.183 e. The molecule has 1 unspecified atom stereocenters. The molecule has 0 saturated heterocycles. The quantitative estimate of drug-likeness (QED) is 0.784. The van der Waals surface area contributed by atoms with E-state index in [2.05, 4.69) is 20.1 Å². The molecule has 3 rings (SSSR count). The van der Waals surface area contributed by atoms with Crippen LogP contribution in [0.4, 0.5) is 11.6 Å². The van der Waals surface area contributed by atoms with Gasteiger partial charge in [-0.15, -0.1) is 0 Å². The number of aliphatic imine (C=N–C) groups is 1. The number of aromatic nitrogens is 2. The van der Waals surface area contributed by atoms with Gasteiger partial charge in [0.25, 0.3) is 0 Å². The molecule has 7 heteroatoms. The highest BCUT2D eigenvalue weighted by Crippen LogP contribution is 2.43. The van der Waals surface area contributed by atoms with E-state index >= 15 is 0 Å². The average molecular weight is 321 g/mol. The Hall–Kier alpha value is -1.82. The number of para-hydroxylation sites is 1. The molecule has 2 heterocycles. The molecule has 1 atom stereocenters. The fourth-order valence-electron chi connectivity index (χ4n) is 2.26. The maximum absolute atomic E-state index is 6.34. The number of benzene rings is 1. The molecule has 21 heavy (non-hydrogen) atoms. The topological polar surface area (TPSA) is 50.5 Å². The second-order valence-corrected chi connectivity index (χ2v) is 5.52. The molecule has 2 aromatic rings. The summed E-state index contributed by atoms with van der Waals surface area (Å²) < 4.78 is -0.166. The second-order valence-electron chi connectivity index (χ2n) is 4.70. The molecule has 0 aliphatic carbocycles. The molecule has 0 fully saturated rings. The molecule has 0 amide bonds. The third-order valence-corrected chi connectivity index (χ3v) is 3.70. The third kappa shape index (κ3) is 2.33. The van der Waals surface area contributed by atoms with Crippen molar-refractivity contribution in [2.45, 2.75) is 13.8 Å². The normalized spacial score (nSPS) is 20.2. The number of rotatable bonds is 2. The van der Waals surface area contributed by atoms with Crippen LogP contribution in [0.2, 0.25) is 10.0 Å². The van der Waals surface area contributed by atoms with Gasteiger partial charge in [0, 0.05) is 11.4 Å². The van der Waals surface area contributed by atoms with Crippen LogP contribution in [0.1, 0.15) is 11.4 Å². The van der Waals surface area contributed by atoms with Crippen LogP contribution >= 0.6 is 23.2 Å². The van der Waals surface area contributed by atoms with Crippen LogP contribution in [0.15, 0.2) is 34.4 Å². The van der Waals surface area contributed by atoms with Crippen molar-refractivity contribution in [2.24, 2.45) is 10.1 Å². The first-order valence-corrected chi connectivity index (χ1v) is 7.03. The number of hydrogen-bond acceptors (Lipinski definition) is 4. The van der Waals surface area contributed by atoms with E-state index in [1.165, 1.54) is 6.34 Å². The Labute approximate surface area is 132 Å². The lowest BCUT2D eigenvalue weighted by molar-refractivity contribution is 0.581. The van der Waals surface area contributed by atoms with Gasteiger partial charge in [-0.3, -0.25) is 0 Å². The lowest BCUT2D eigenvalue weighted by atomic mass is 10.3. The molecule has 0 saturated carbocycles. The van der Waals surface area contributed by atoms with Gasteiger partial charge in [-0.25, -0.2) is 0 Å². The van der Waals surface area contributed by atoms with Gasteiger partial charge in [0.05, 0.1) is 0 Å². The Kier molecular flexibility index (Phi) is 3.49. The summed E-state index contributed by atoms with van der Waals surface area (Å²) in [5, 5.41) is 5.37. The molecule has 106 valence electrons. The average Bonchev–Trinajstić information content (AvgIpc) is 2.88. The summed E-state index contributed by atoms with van der Waals surface area (Å²) in [6.07, 6.45) is 3.06. The van der Waals surface area contributed by atoms with Gasteiger partial charge in [0.15, 0.2) is 6.34 Å². The van der Waals surface area contributed by atoms with E-state index in [9.17, 15) is 0 Å². The SMILES string of the molecule is Cc1cc(C)nc([N+]2(c3c(Cl)cccc3Cl)C=NC=N2)n1. The maximum atomic E-state index is 6.34. The highest BCUT2D eigenvalue weighted by molar-refractivity contribution is 6.39. The molecule has 1 aliphatic heterocycles. The lowest BCUT2D eigenvalue weighted by Gasteiger charge is -2.23. The van der Waals surface area contributed by atoms with Gasteiger partial charge in [-0.2, -0.15) is 15.0 Å². The summed E-state index contributed by atoms with van der Waals surface area (Å²) in [7, 11) is 0. The van der Waals surface area contributed by atoms with Gasteiger partial charge in [-0.1, -0.05) is 33.9 Å². The number of aryl methyl sites for hydroxylation is 2. The summed E-state index contributed by atoms with van der Waals surface area (Å²) in [6.45, 7) is 3.81. The predicted molar refractivity (Wildman–Crippen MR) is 86.4 cm³/mol. The van der Waals surface area contributed by atoms with Crippen LogP contribution in [0.25, 0.3) is 0 Å². The van der Waals surface area contributed by atoms with Crippen LogP contribution in [-0.4, -0.2) is 22.6 Å². The summed E-state index contributed by atoms with van der Waals surface area (Å²) in [4.78, 5) is 13.1. The monoisotopic (exact) mass is 320 g/mol. The van der Waals surface area contributed by atoms with Crippen LogP contribution < -0.4 is 4.59 Å². The fourth-order valence-corrected chi connectivity index (χ4v) is 2.92. The molecule has 0 radical (unpaired) electrons. The predicted octanol–water partition coefficient (Wildman–Crippen LogP) is 4.02. The van der Waals surface area contributed by atoms with Crippen LogP contribution in [-0.2, 0) is 0 Å². The number of halogens is 2. The molecule has 0 spiro atoms.